The van der Waals surface area contributed by atoms with Gasteiger partial charge in [-0.2, -0.15) is 0 Å². The lowest BCUT2D eigenvalue weighted by Crippen LogP contribution is -2.36. The average molecular weight is 816 g/mol. The van der Waals surface area contributed by atoms with Crippen LogP contribution in [0.2, 0.25) is 0 Å². The van der Waals surface area contributed by atoms with Crippen molar-refractivity contribution in [1.82, 2.24) is 0 Å². The van der Waals surface area contributed by atoms with Gasteiger partial charge in [-0.15, -0.1) is 0 Å². The second kappa shape index (κ2) is 14.4. The summed E-state index contributed by atoms with van der Waals surface area (Å²) in [6, 6.07) is 89.3. The van der Waals surface area contributed by atoms with Gasteiger partial charge in [0, 0.05) is 22.4 Å². The fourth-order valence-electron chi connectivity index (χ4n) is 11.1. The van der Waals surface area contributed by atoms with Crippen LogP contribution in [0.4, 0.5) is 17.1 Å². The van der Waals surface area contributed by atoms with Crippen LogP contribution in [0, 0.1) is 0 Å². The first-order valence-electron chi connectivity index (χ1n) is 22.2. The number of rotatable bonds is 6. The summed E-state index contributed by atoms with van der Waals surface area (Å²) in [5, 5.41) is 2.27. The molecule has 13 rings (SSSR count). The highest BCUT2D eigenvalue weighted by atomic mass is 16.3. The summed E-state index contributed by atoms with van der Waals surface area (Å²) in [6.07, 6.45) is 0. The first kappa shape index (κ1) is 36.5. The van der Waals surface area contributed by atoms with Crippen LogP contribution in [0.15, 0.2) is 247 Å². The lowest BCUT2D eigenvalue weighted by molar-refractivity contribution is 0.669. The number of para-hydroxylation sites is 4. The molecule has 2 heteroatoms. The maximum absolute atomic E-state index is 6.46. The lowest BCUT2D eigenvalue weighted by atomic mass is 9.64. The fourth-order valence-corrected chi connectivity index (χ4v) is 11.1. The molecule has 11 aromatic rings. The van der Waals surface area contributed by atoms with Crippen LogP contribution < -0.4 is 4.90 Å². The molecule has 1 unspecified atom stereocenters. The predicted octanol–water partition coefficient (Wildman–Crippen LogP) is 16.2. The van der Waals surface area contributed by atoms with Crippen LogP contribution in [0.25, 0.3) is 55.3 Å². The zero-order chi connectivity index (χ0) is 42.2. The standard InChI is InChI=1S/C62H41NO/c1-4-17-41(18-5-1)42-31-33-44(34-32-42)60(43-19-6-2-7-20-43)50-24-16-27-55-61(50)51-39-45(46-35-37-49-48-23-10-15-30-58(48)64-59(49)40-46)36-38-52(51)62(55)53-25-11-13-28-56(53)63(47-21-8-3-9-22-47)57-29-14-12-26-54(57)62/h1-40,60H. The van der Waals surface area contributed by atoms with Gasteiger partial charge in [0.15, 0.2) is 0 Å². The van der Waals surface area contributed by atoms with E-state index in [0.29, 0.717) is 0 Å². The maximum atomic E-state index is 6.46. The van der Waals surface area contributed by atoms with E-state index in [9.17, 15) is 0 Å². The molecule has 2 nitrogen and oxygen atoms in total. The van der Waals surface area contributed by atoms with E-state index in [-0.39, 0.29) is 5.92 Å². The first-order valence-corrected chi connectivity index (χ1v) is 22.2. The monoisotopic (exact) mass is 815 g/mol. The SMILES string of the molecule is c1ccc(-c2ccc(C(c3ccccc3)c3cccc4c3-c3cc(-c5ccc6c(c5)oc5ccccc56)ccc3C43c4ccccc4N(c4ccccc4)c4ccccc43)cc2)cc1. The van der Waals surface area contributed by atoms with E-state index in [2.05, 4.69) is 241 Å². The molecule has 1 aliphatic carbocycles. The molecule has 2 heterocycles. The van der Waals surface area contributed by atoms with Gasteiger partial charge < -0.3 is 9.32 Å². The number of fused-ring (bicyclic) bond motifs is 12. The average Bonchev–Trinajstić information content (AvgIpc) is 3.89. The molecular formula is C62H41NO. The van der Waals surface area contributed by atoms with Crippen molar-refractivity contribution >= 4 is 39.0 Å². The van der Waals surface area contributed by atoms with Crippen LogP contribution in [0.5, 0.6) is 0 Å². The van der Waals surface area contributed by atoms with Gasteiger partial charge in [0.05, 0.1) is 16.8 Å². The summed E-state index contributed by atoms with van der Waals surface area (Å²) < 4.78 is 6.46. The van der Waals surface area contributed by atoms with Crippen molar-refractivity contribution in [2.75, 3.05) is 4.90 Å². The summed E-state index contributed by atoms with van der Waals surface area (Å²) in [5.41, 5.74) is 20.9. The molecule has 1 spiro atoms. The minimum atomic E-state index is -0.598. The minimum Gasteiger partial charge on any atom is -0.456 e. The van der Waals surface area contributed by atoms with E-state index in [1.165, 1.54) is 72.6 Å². The van der Waals surface area contributed by atoms with E-state index in [1.54, 1.807) is 0 Å². The van der Waals surface area contributed by atoms with Crippen LogP contribution in [0.3, 0.4) is 0 Å². The number of hydrogen-bond acceptors (Lipinski definition) is 2. The van der Waals surface area contributed by atoms with Gasteiger partial charge in [-0.1, -0.05) is 194 Å². The Morgan fingerprint density at radius 1 is 0.359 bits per heavy atom. The number of furan rings is 1. The highest BCUT2D eigenvalue weighted by Crippen LogP contribution is 2.65. The van der Waals surface area contributed by atoms with Gasteiger partial charge in [-0.25, -0.2) is 0 Å². The van der Waals surface area contributed by atoms with E-state index in [1.807, 2.05) is 6.07 Å². The normalized spacial score (nSPS) is 13.7. The minimum absolute atomic E-state index is 0.0329. The molecule has 300 valence electrons. The fraction of sp³-hybridized carbons (Fsp3) is 0.0323. The Morgan fingerprint density at radius 3 is 1.66 bits per heavy atom. The maximum Gasteiger partial charge on any atom is 0.136 e. The summed E-state index contributed by atoms with van der Waals surface area (Å²) in [4.78, 5) is 2.45. The molecule has 1 atom stereocenters. The first-order chi connectivity index (χ1) is 31.8. The van der Waals surface area contributed by atoms with Crippen molar-refractivity contribution < 1.29 is 4.42 Å². The molecule has 0 N–H and O–H groups in total. The Balaban J connectivity index is 1.10. The predicted molar refractivity (Wildman–Crippen MR) is 264 cm³/mol. The second-order valence-electron chi connectivity index (χ2n) is 17.1. The van der Waals surface area contributed by atoms with Crippen LogP contribution in [0.1, 0.15) is 44.9 Å². The van der Waals surface area contributed by atoms with E-state index in [0.717, 1.165) is 38.8 Å². The molecule has 64 heavy (non-hydrogen) atoms. The smallest absolute Gasteiger partial charge is 0.136 e. The van der Waals surface area contributed by atoms with E-state index >= 15 is 0 Å². The van der Waals surface area contributed by atoms with E-state index in [4.69, 9.17) is 4.42 Å². The van der Waals surface area contributed by atoms with Crippen LogP contribution in [-0.4, -0.2) is 0 Å². The van der Waals surface area contributed by atoms with Crippen molar-refractivity contribution in [1.29, 1.82) is 0 Å². The van der Waals surface area contributed by atoms with Gasteiger partial charge in [0.2, 0.25) is 0 Å². The summed E-state index contributed by atoms with van der Waals surface area (Å²) in [6.45, 7) is 0. The number of benzene rings is 10. The largest absolute Gasteiger partial charge is 0.456 e. The zero-order valence-electron chi connectivity index (χ0n) is 35.0. The molecule has 0 amide bonds. The number of hydrogen-bond donors (Lipinski definition) is 0. The molecule has 1 aromatic heterocycles. The van der Waals surface area contributed by atoms with Gasteiger partial charge in [0.1, 0.15) is 11.2 Å². The Morgan fingerprint density at radius 2 is 0.906 bits per heavy atom. The Bertz CT molecular complexity index is 3500. The molecule has 0 radical (unpaired) electrons. The van der Waals surface area contributed by atoms with Crippen molar-refractivity contribution in [3.8, 4) is 33.4 Å². The third-order valence-corrected chi connectivity index (χ3v) is 13.8. The molecule has 10 aromatic carbocycles. The van der Waals surface area contributed by atoms with Crippen LogP contribution in [-0.2, 0) is 5.41 Å². The van der Waals surface area contributed by atoms with Crippen LogP contribution >= 0.6 is 0 Å². The van der Waals surface area contributed by atoms with Crippen molar-refractivity contribution in [2.45, 2.75) is 11.3 Å². The quantitative estimate of drug-likeness (QED) is 0.155. The van der Waals surface area contributed by atoms with Crippen molar-refractivity contribution in [3.63, 3.8) is 0 Å². The molecule has 1 aliphatic heterocycles. The molecule has 0 saturated carbocycles. The molecule has 0 bridgehead atoms. The van der Waals surface area contributed by atoms with Gasteiger partial charge in [-0.05, 0) is 121 Å². The summed E-state index contributed by atoms with van der Waals surface area (Å²) in [7, 11) is 0. The molecule has 0 fully saturated rings. The van der Waals surface area contributed by atoms with Gasteiger partial charge >= 0.3 is 0 Å². The number of anilines is 3. The van der Waals surface area contributed by atoms with Gasteiger partial charge in [0.25, 0.3) is 0 Å². The van der Waals surface area contributed by atoms with Gasteiger partial charge in [-0.3, -0.25) is 0 Å². The topological polar surface area (TPSA) is 16.4 Å². The third-order valence-electron chi connectivity index (χ3n) is 13.8. The lowest BCUT2D eigenvalue weighted by Gasteiger charge is -2.45. The molecule has 2 aliphatic rings. The third kappa shape index (κ3) is 5.39. The molecule has 0 saturated heterocycles. The summed E-state index contributed by atoms with van der Waals surface area (Å²) >= 11 is 0. The van der Waals surface area contributed by atoms with Crippen molar-refractivity contribution in [2.24, 2.45) is 0 Å². The van der Waals surface area contributed by atoms with Crippen molar-refractivity contribution in [3.05, 3.63) is 282 Å². The number of nitrogens with zero attached hydrogens (tertiary/aromatic N) is 1. The Hall–Kier alpha value is -8.20. The zero-order valence-corrected chi connectivity index (χ0v) is 35.0. The summed E-state index contributed by atoms with van der Waals surface area (Å²) in [5.74, 6) is -0.0329. The Kier molecular flexibility index (Phi) is 8.23. The Labute approximate surface area is 373 Å². The highest BCUT2D eigenvalue weighted by Gasteiger charge is 2.52. The molecular weight excluding hydrogens is 775 g/mol. The second-order valence-corrected chi connectivity index (χ2v) is 17.1. The van der Waals surface area contributed by atoms with E-state index < -0.39 is 5.41 Å². The highest BCUT2D eigenvalue weighted by molar-refractivity contribution is 6.06.